The van der Waals surface area contributed by atoms with Crippen molar-refractivity contribution < 1.29 is 14.1 Å². The first-order valence-electron chi connectivity index (χ1n) is 5.60. The Bertz CT molecular complexity index is 522. The largest absolute Gasteiger partial charge is 0.441 e. The van der Waals surface area contributed by atoms with E-state index >= 15 is 0 Å². The molecule has 0 spiro atoms. The number of nitrogens with zero attached hydrogens (tertiary/aromatic N) is 1. The lowest BCUT2D eigenvalue weighted by Gasteiger charge is -2.13. The van der Waals surface area contributed by atoms with Gasteiger partial charge in [-0.25, -0.2) is 4.79 Å². The summed E-state index contributed by atoms with van der Waals surface area (Å²) < 4.78 is 9.96. The highest BCUT2D eigenvalue weighted by Crippen LogP contribution is 2.18. The van der Waals surface area contributed by atoms with Crippen molar-refractivity contribution in [1.29, 1.82) is 0 Å². The van der Waals surface area contributed by atoms with Gasteiger partial charge in [0.1, 0.15) is 23.7 Å². The average molecular weight is 246 g/mol. The number of hydrogen-bond donors (Lipinski definition) is 1. The molecule has 0 aliphatic rings. The molecule has 2 aromatic rings. The highest BCUT2D eigenvalue weighted by atomic mass is 16.6. The molecule has 0 aliphatic heterocycles. The van der Waals surface area contributed by atoms with Crippen molar-refractivity contribution in [3.63, 3.8) is 0 Å². The van der Waals surface area contributed by atoms with Crippen LogP contribution < -0.4 is 5.32 Å². The molecule has 0 saturated carbocycles. The van der Waals surface area contributed by atoms with Crippen LogP contribution in [0.3, 0.4) is 0 Å². The van der Waals surface area contributed by atoms with Gasteiger partial charge in [0, 0.05) is 0 Å². The minimum Gasteiger partial charge on any atom is -0.441 e. The Labute approximate surface area is 105 Å². The predicted octanol–water partition coefficient (Wildman–Crippen LogP) is 3.29. The minimum atomic E-state index is -0.530. The van der Waals surface area contributed by atoms with E-state index in [0.717, 1.165) is 5.56 Å². The van der Waals surface area contributed by atoms with Crippen molar-refractivity contribution in [1.82, 2.24) is 5.16 Å². The number of benzene rings is 1. The van der Waals surface area contributed by atoms with Crippen LogP contribution in [0.1, 0.15) is 24.3 Å². The van der Waals surface area contributed by atoms with Gasteiger partial charge in [-0.2, -0.15) is 0 Å². The molecule has 5 heteroatoms. The zero-order valence-electron chi connectivity index (χ0n) is 10.2. The van der Waals surface area contributed by atoms with Crippen molar-refractivity contribution in [3.05, 3.63) is 47.9 Å². The average Bonchev–Trinajstić information content (AvgIpc) is 2.76. The Morgan fingerprint density at radius 2 is 2.11 bits per heavy atom. The zero-order chi connectivity index (χ0) is 13.0. The maximum absolute atomic E-state index is 11.6. The predicted molar refractivity (Wildman–Crippen MR) is 66.2 cm³/mol. The van der Waals surface area contributed by atoms with Gasteiger partial charge < -0.3 is 9.26 Å². The fourth-order valence-corrected chi connectivity index (χ4v) is 1.50. The molecular weight excluding hydrogens is 232 g/mol. The van der Waals surface area contributed by atoms with Gasteiger partial charge in [-0.1, -0.05) is 35.5 Å². The molecule has 1 aromatic carbocycles. The summed E-state index contributed by atoms with van der Waals surface area (Å²) in [7, 11) is 0. The summed E-state index contributed by atoms with van der Waals surface area (Å²) >= 11 is 0. The third kappa shape index (κ3) is 2.88. The van der Waals surface area contributed by atoms with Crippen LogP contribution in [0, 0.1) is 6.92 Å². The third-order valence-electron chi connectivity index (χ3n) is 2.54. The van der Waals surface area contributed by atoms with Crippen LogP contribution in [0.2, 0.25) is 0 Å². The molecule has 1 atom stereocenters. The second-order valence-electron chi connectivity index (χ2n) is 3.90. The van der Waals surface area contributed by atoms with Crippen molar-refractivity contribution in [3.8, 4) is 0 Å². The first-order valence-corrected chi connectivity index (χ1v) is 5.60. The maximum atomic E-state index is 11.6. The van der Waals surface area contributed by atoms with Gasteiger partial charge in [0.25, 0.3) is 0 Å². The lowest BCUT2D eigenvalue weighted by atomic mass is 10.1. The lowest BCUT2D eigenvalue weighted by molar-refractivity contribution is 0.121. The highest BCUT2D eigenvalue weighted by molar-refractivity contribution is 5.85. The van der Waals surface area contributed by atoms with E-state index in [0.29, 0.717) is 11.4 Å². The van der Waals surface area contributed by atoms with Gasteiger partial charge in [0.15, 0.2) is 0 Å². The summed E-state index contributed by atoms with van der Waals surface area (Å²) in [6.07, 6.45) is 0.521. The molecule has 1 amide bonds. The van der Waals surface area contributed by atoms with Crippen LogP contribution in [0.4, 0.5) is 10.5 Å². The normalized spacial score (nSPS) is 11.9. The number of hydrogen-bond acceptors (Lipinski definition) is 4. The van der Waals surface area contributed by atoms with Crippen LogP contribution in [-0.2, 0) is 4.74 Å². The Hall–Kier alpha value is -2.30. The molecule has 0 bridgehead atoms. The van der Waals surface area contributed by atoms with E-state index in [2.05, 4.69) is 10.5 Å². The molecule has 1 heterocycles. The molecule has 1 unspecified atom stereocenters. The molecule has 0 saturated heterocycles. The van der Waals surface area contributed by atoms with E-state index in [1.165, 1.54) is 6.26 Å². The fraction of sp³-hybridized carbons (Fsp3) is 0.231. The van der Waals surface area contributed by atoms with E-state index in [1.54, 1.807) is 6.92 Å². The molecule has 18 heavy (non-hydrogen) atoms. The highest BCUT2D eigenvalue weighted by Gasteiger charge is 2.13. The minimum absolute atomic E-state index is 0.314. The SMILES string of the molecule is Cc1nocc1NC(=O)OC(C)c1ccccc1. The monoisotopic (exact) mass is 246 g/mol. The Morgan fingerprint density at radius 3 is 2.72 bits per heavy atom. The molecule has 1 aromatic heterocycles. The van der Waals surface area contributed by atoms with E-state index in [9.17, 15) is 4.79 Å². The van der Waals surface area contributed by atoms with Crippen LogP contribution >= 0.6 is 0 Å². The number of nitrogens with one attached hydrogen (secondary N) is 1. The Balaban J connectivity index is 1.94. The number of carbonyl (C=O) groups excluding carboxylic acids is 1. The molecule has 2 rings (SSSR count). The van der Waals surface area contributed by atoms with E-state index in [4.69, 9.17) is 9.26 Å². The van der Waals surface area contributed by atoms with Gasteiger partial charge in [0.2, 0.25) is 0 Å². The van der Waals surface area contributed by atoms with Crippen LogP contribution in [-0.4, -0.2) is 11.2 Å². The first-order chi connectivity index (χ1) is 8.66. The Morgan fingerprint density at radius 1 is 1.39 bits per heavy atom. The molecule has 0 radical (unpaired) electrons. The van der Waals surface area contributed by atoms with Crippen molar-refractivity contribution in [2.75, 3.05) is 5.32 Å². The molecule has 1 N–H and O–H groups in total. The quantitative estimate of drug-likeness (QED) is 0.902. The summed E-state index contributed by atoms with van der Waals surface area (Å²) in [5, 5.41) is 6.24. The smallest absolute Gasteiger partial charge is 0.412 e. The molecule has 5 nitrogen and oxygen atoms in total. The number of carbonyl (C=O) groups is 1. The van der Waals surface area contributed by atoms with Crippen LogP contribution in [0.15, 0.2) is 41.1 Å². The summed E-state index contributed by atoms with van der Waals surface area (Å²) in [6.45, 7) is 3.55. The van der Waals surface area contributed by atoms with E-state index < -0.39 is 6.09 Å². The number of anilines is 1. The third-order valence-corrected chi connectivity index (χ3v) is 2.54. The summed E-state index contributed by atoms with van der Waals surface area (Å²) in [5.41, 5.74) is 2.06. The topological polar surface area (TPSA) is 64.4 Å². The lowest BCUT2D eigenvalue weighted by Crippen LogP contribution is -2.16. The number of aryl methyl sites for hydroxylation is 1. The second-order valence-corrected chi connectivity index (χ2v) is 3.90. The van der Waals surface area contributed by atoms with Gasteiger partial charge in [-0.3, -0.25) is 5.32 Å². The summed E-state index contributed by atoms with van der Waals surface area (Å²) in [6, 6.07) is 9.52. The summed E-state index contributed by atoms with van der Waals surface area (Å²) in [5.74, 6) is 0. The first kappa shape index (κ1) is 12.2. The fourth-order valence-electron chi connectivity index (χ4n) is 1.50. The zero-order valence-corrected chi connectivity index (χ0v) is 10.2. The van der Waals surface area contributed by atoms with E-state index in [1.807, 2.05) is 37.3 Å². The number of aromatic nitrogens is 1. The van der Waals surface area contributed by atoms with Gasteiger partial charge >= 0.3 is 6.09 Å². The van der Waals surface area contributed by atoms with Crippen molar-refractivity contribution >= 4 is 11.8 Å². The second kappa shape index (κ2) is 5.35. The summed E-state index contributed by atoms with van der Waals surface area (Å²) in [4.78, 5) is 11.6. The Kier molecular flexibility index (Phi) is 3.62. The standard InChI is InChI=1S/C13H14N2O3/c1-9-12(8-17-15-9)14-13(16)18-10(2)11-6-4-3-5-7-11/h3-8,10H,1-2H3,(H,14,16). The number of amides is 1. The van der Waals surface area contributed by atoms with Crippen LogP contribution in [0.25, 0.3) is 0 Å². The maximum Gasteiger partial charge on any atom is 0.412 e. The number of rotatable bonds is 3. The van der Waals surface area contributed by atoms with E-state index in [-0.39, 0.29) is 6.10 Å². The molecule has 0 aliphatic carbocycles. The van der Waals surface area contributed by atoms with Gasteiger partial charge in [-0.05, 0) is 19.4 Å². The molecule has 0 fully saturated rings. The molecular formula is C13H14N2O3. The van der Waals surface area contributed by atoms with Crippen LogP contribution in [0.5, 0.6) is 0 Å². The number of ether oxygens (including phenoxy) is 1. The van der Waals surface area contributed by atoms with Crippen molar-refractivity contribution in [2.24, 2.45) is 0 Å². The molecule has 94 valence electrons. The van der Waals surface area contributed by atoms with Crippen molar-refractivity contribution in [2.45, 2.75) is 20.0 Å². The van der Waals surface area contributed by atoms with Gasteiger partial charge in [-0.15, -0.1) is 0 Å². The van der Waals surface area contributed by atoms with Gasteiger partial charge in [0.05, 0.1) is 0 Å².